The Bertz CT molecular complexity index is 1240. The molecule has 0 bridgehead atoms. The third-order valence-corrected chi connectivity index (χ3v) is 7.02. The molecule has 0 N–H and O–H groups in total. The van der Waals surface area contributed by atoms with E-state index in [-0.39, 0.29) is 0 Å². The molecule has 3 aromatic carbocycles. The van der Waals surface area contributed by atoms with Crippen LogP contribution in [0.2, 0.25) is 0 Å². The number of rotatable bonds is 5. The molecular weight excluding hydrogens is 848 g/mol. The van der Waals surface area contributed by atoms with Crippen LogP contribution in [0.1, 0.15) is 16.7 Å². The molecule has 0 unspecified atom stereocenters. The van der Waals surface area contributed by atoms with E-state index >= 15 is 0 Å². The molecule has 0 atom stereocenters. The molecule has 0 saturated heterocycles. The van der Waals surface area contributed by atoms with E-state index < -0.39 is 11.7 Å². The van der Waals surface area contributed by atoms with Crippen molar-refractivity contribution in [2.45, 2.75) is 19.3 Å². The molecule has 0 amide bonds. The maximum atomic E-state index is 12.2. The Morgan fingerprint density at radius 1 is 0.824 bits per heavy atom. The van der Waals surface area contributed by atoms with E-state index in [1.54, 1.807) is 0 Å². The van der Waals surface area contributed by atoms with Crippen molar-refractivity contribution in [3.05, 3.63) is 112 Å². The van der Waals surface area contributed by atoms with Crippen LogP contribution in [-0.2, 0) is 45.7 Å². The van der Waals surface area contributed by atoms with Gasteiger partial charge in [-0.05, 0) is 17.7 Å². The van der Waals surface area contributed by atoms with E-state index in [4.69, 9.17) is 0 Å². The van der Waals surface area contributed by atoms with Gasteiger partial charge >= 0.3 is 136 Å². The molecule has 4 aromatic rings. The summed E-state index contributed by atoms with van der Waals surface area (Å²) in [5.41, 5.74) is 4.08. The van der Waals surface area contributed by atoms with Gasteiger partial charge in [-0.2, -0.15) is 14.5 Å². The molecule has 0 saturated carbocycles. The molecule has 182 valence electrons. The first-order chi connectivity index (χ1) is 16.1. The smallest absolute Gasteiger partial charge is 0.184 e. The summed E-state index contributed by atoms with van der Waals surface area (Å²) >= 11 is 6.52. The van der Waals surface area contributed by atoms with Gasteiger partial charge in [-0.25, -0.2) is 0 Å². The maximum Gasteiger partial charge on any atom is 0.416 e. The van der Waals surface area contributed by atoms with E-state index in [1.807, 2.05) is 1.33 Å². The molecule has 3 nitrogen and oxygen atoms in total. The van der Waals surface area contributed by atoms with Gasteiger partial charge in [0.2, 0.25) is 0 Å². The minimum Gasteiger partial charge on any atom is -0.184 e. The van der Waals surface area contributed by atoms with E-state index in [0.717, 1.165) is 24.2 Å². The van der Waals surface area contributed by atoms with Crippen LogP contribution >= 0.6 is 45.7 Å². The van der Waals surface area contributed by atoms with Gasteiger partial charge in [-0.1, -0.05) is 12.1 Å². The third-order valence-electron chi connectivity index (χ3n) is 4.92. The van der Waals surface area contributed by atoms with Crippen LogP contribution in [-0.4, -0.2) is 10.5 Å². The fraction of sp³-hybridized carbons (Fsp3) is 0.160. The number of halogens is 5. The van der Waals surface area contributed by atoms with E-state index in [9.17, 15) is 13.2 Å². The summed E-state index contributed by atoms with van der Waals surface area (Å²) in [6.45, 7) is 1.52. The Labute approximate surface area is 236 Å². The van der Waals surface area contributed by atoms with Gasteiger partial charge in [0.15, 0.2) is 0 Å². The summed E-state index contributed by atoms with van der Waals surface area (Å²) in [6, 6.07) is 26.3. The van der Waals surface area contributed by atoms with Crippen molar-refractivity contribution >= 4 is 45.7 Å². The quantitative estimate of drug-likeness (QED) is 0.147. The maximum absolute atomic E-state index is 12.2. The average molecular weight is 870 g/mol. The Kier molecular flexibility index (Phi) is 10.2. The first-order valence-corrected chi connectivity index (χ1v) is 13.3. The Morgan fingerprint density at radius 2 is 1.38 bits per heavy atom. The van der Waals surface area contributed by atoms with E-state index in [2.05, 4.69) is 148 Å². The van der Waals surface area contributed by atoms with Crippen LogP contribution in [0.4, 0.5) is 13.2 Å². The minimum atomic E-state index is -4.24. The zero-order valence-electron chi connectivity index (χ0n) is 18.1. The van der Waals surface area contributed by atoms with Gasteiger partial charge in [0.25, 0.3) is 0 Å². The second-order valence-corrected chi connectivity index (χ2v) is 12.7. The number of benzene rings is 3. The Morgan fingerprint density at radius 3 is 1.91 bits per heavy atom. The van der Waals surface area contributed by atoms with Crippen LogP contribution in [0.5, 0.6) is 0 Å². The summed E-state index contributed by atoms with van der Waals surface area (Å²) in [5.74, 6) is 0. The van der Waals surface area contributed by atoms with Gasteiger partial charge in [0, 0.05) is 52.3 Å². The topological polar surface area (TPSA) is 13.1 Å². The SMILES string of the molecule is Cn1cc(-c2ccccc2)n(Cc2ccccc2)[c]1=[Pt].FC(F)(F)c1ccc(CN(I)I)cc1. The van der Waals surface area contributed by atoms with Crippen molar-refractivity contribution in [1.29, 1.82) is 0 Å². The molecule has 0 fully saturated rings. The molecule has 0 radical (unpaired) electrons. The average Bonchev–Trinajstić information content (AvgIpc) is 3.09. The van der Waals surface area contributed by atoms with Crippen molar-refractivity contribution in [3.8, 4) is 11.3 Å². The zero-order chi connectivity index (χ0) is 24.7. The van der Waals surface area contributed by atoms with Gasteiger partial charge in [-0.3, -0.25) is 0 Å². The van der Waals surface area contributed by atoms with Gasteiger partial charge in [0.1, 0.15) is 0 Å². The molecule has 34 heavy (non-hydrogen) atoms. The summed E-state index contributed by atoms with van der Waals surface area (Å²) in [4.78, 5) is 0. The number of hydrogen-bond acceptors (Lipinski definition) is 1. The molecule has 0 spiro atoms. The molecule has 0 aliphatic carbocycles. The van der Waals surface area contributed by atoms with Crippen LogP contribution in [0.15, 0.2) is 91.1 Å². The van der Waals surface area contributed by atoms with Crippen LogP contribution in [0.25, 0.3) is 11.3 Å². The normalized spacial score (nSPS) is 11.3. The Balaban J connectivity index is 0.000000204. The largest absolute Gasteiger partial charge is 0.416 e. The molecule has 0 aliphatic rings. The van der Waals surface area contributed by atoms with E-state index in [0.29, 0.717) is 6.54 Å². The van der Waals surface area contributed by atoms with Crippen molar-refractivity contribution in [2.24, 2.45) is 7.05 Å². The van der Waals surface area contributed by atoms with Gasteiger partial charge in [-0.15, -0.1) is 0 Å². The van der Waals surface area contributed by atoms with E-state index in [1.165, 1.54) is 32.8 Å². The second-order valence-electron chi connectivity index (χ2n) is 7.46. The number of hydrogen-bond donors (Lipinski definition) is 0. The summed E-state index contributed by atoms with van der Waals surface area (Å²) in [7, 11) is 2.09. The third kappa shape index (κ3) is 7.89. The van der Waals surface area contributed by atoms with Crippen molar-refractivity contribution in [1.82, 2.24) is 10.5 Å². The molecule has 4 rings (SSSR count). The molecule has 1 heterocycles. The first-order valence-electron chi connectivity index (χ1n) is 10.2. The molecule has 1 aromatic heterocycles. The summed E-state index contributed by atoms with van der Waals surface area (Å²) in [6.07, 6.45) is -2.05. The number of aryl methyl sites for hydroxylation is 1. The monoisotopic (exact) mass is 870 g/mol. The van der Waals surface area contributed by atoms with Gasteiger partial charge in [0.05, 0.1) is 5.56 Å². The minimum absolute atomic E-state index is 0.602. The standard InChI is InChI=1S/C17H16N2.C8H6F3I2N.Pt/c1-18-13-17(16-10-6-3-7-11-16)19(14-18)12-15-8-4-2-5-9-15;9-8(10,11)7-3-1-6(2-4-7)5-14(12)13;/h2-11,13H,12H2,1H3;1-4H,5H2;. The van der Waals surface area contributed by atoms with Crippen molar-refractivity contribution in [2.75, 3.05) is 0 Å². The number of aromatic nitrogens is 2. The van der Waals surface area contributed by atoms with Crippen LogP contribution < -0.4 is 0 Å². The summed E-state index contributed by atoms with van der Waals surface area (Å²) < 4.78 is 44.1. The first kappa shape index (κ1) is 27.4. The number of nitrogens with zero attached hydrogens (tertiary/aromatic N) is 3. The predicted molar refractivity (Wildman–Crippen MR) is 143 cm³/mol. The molecule has 9 heteroatoms. The molecule has 0 aliphatic heterocycles. The second kappa shape index (κ2) is 12.6. The van der Waals surface area contributed by atoms with Crippen LogP contribution in [0.3, 0.4) is 0 Å². The fourth-order valence-electron chi connectivity index (χ4n) is 3.27. The fourth-order valence-corrected chi connectivity index (χ4v) is 4.66. The number of alkyl halides is 3. The number of imidazole rings is 1. The molecular formula is C25H22F3I2N3Pt. The summed E-state index contributed by atoms with van der Waals surface area (Å²) in [5, 5.41) is 0. The van der Waals surface area contributed by atoms with Crippen molar-refractivity contribution < 1.29 is 32.5 Å². The Hall–Kier alpha value is -1.23. The van der Waals surface area contributed by atoms with Crippen LogP contribution in [0, 0.1) is 3.80 Å². The van der Waals surface area contributed by atoms with Crippen molar-refractivity contribution in [3.63, 3.8) is 0 Å². The van der Waals surface area contributed by atoms with Gasteiger partial charge < -0.3 is 0 Å². The predicted octanol–water partition coefficient (Wildman–Crippen LogP) is 7.83. The zero-order valence-corrected chi connectivity index (χ0v) is 24.7.